The lowest BCUT2D eigenvalue weighted by Crippen LogP contribution is -2.66. The van der Waals surface area contributed by atoms with Crippen LogP contribution in [0.15, 0.2) is 34.8 Å². The number of nitrogen functional groups attached to an aromatic ring is 1. The minimum absolute atomic E-state index is 0.0668. The lowest BCUT2D eigenvalue weighted by Gasteiger charge is -2.54. The zero-order valence-electron chi connectivity index (χ0n) is 19.7. The van der Waals surface area contributed by atoms with E-state index in [4.69, 9.17) is 17.2 Å². The number of rotatable bonds is 3. The second kappa shape index (κ2) is 8.05. The molecule has 1 amide bonds. The van der Waals surface area contributed by atoms with E-state index in [2.05, 4.69) is 4.90 Å². The molecule has 0 bridgehead atoms. The Morgan fingerprint density at radius 1 is 1.11 bits per heavy atom. The molecule has 4 aliphatic rings. The number of likely N-dealkylation sites (tertiary alicyclic amines) is 1. The first-order chi connectivity index (χ1) is 16.9. The van der Waals surface area contributed by atoms with Gasteiger partial charge < -0.3 is 42.5 Å². The average Bonchev–Trinajstić information content (AvgIpc) is 2.82. The summed E-state index contributed by atoms with van der Waals surface area (Å²) in [6.45, 7) is 1.81. The molecule has 1 aromatic rings. The largest absolute Gasteiger partial charge is 0.510 e. The summed E-state index contributed by atoms with van der Waals surface area (Å²) in [6, 6.07) is 1.36. The third-order valence-electron chi connectivity index (χ3n) is 8.37. The fourth-order valence-electron chi connectivity index (χ4n) is 6.67. The number of phenols is 1. The predicted octanol–water partition coefficient (Wildman–Crippen LogP) is -0.0440. The maximum absolute atomic E-state index is 13.9. The van der Waals surface area contributed by atoms with Crippen molar-refractivity contribution in [2.24, 2.45) is 22.8 Å². The Morgan fingerprint density at radius 2 is 1.78 bits per heavy atom. The van der Waals surface area contributed by atoms with Crippen molar-refractivity contribution in [2.45, 2.75) is 43.7 Å². The number of amides is 1. The maximum atomic E-state index is 13.9. The molecule has 192 valence electrons. The van der Waals surface area contributed by atoms with Gasteiger partial charge in [0.05, 0.1) is 11.6 Å². The SMILES string of the molecule is NC(=O)C1=C(O)[C@@H](N)[C@@H]2C[C@]3(CN4CCCCC4)Cc4c(N)ccc(O)c4C(=O)C3=C(O)[C@]2(O)C1=O. The second-order valence-corrected chi connectivity index (χ2v) is 10.4. The van der Waals surface area contributed by atoms with Crippen LogP contribution in [-0.2, 0) is 16.0 Å². The molecule has 4 atom stereocenters. The van der Waals surface area contributed by atoms with Crippen molar-refractivity contribution in [1.29, 1.82) is 0 Å². The van der Waals surface area contributed by atoms with Gasteiger partial charge in [0, 0.05) is 29.1 Å². The van der Waals surface area contributed by atoms with Crippen LogP contribution in [0, 0.1) is 11.3 Å². The number of piperidine rings is 1. The van der Waals surface area contributed by atoms with E-state index < -0.39 is 57.5 Å². The van der Waals surface area contributed by atoms with Crippen LogP contribution in [-0.4, -0.2) is 74.1 Å². The number of Topliss-reactive ketones (excluding diaryl/α,β-unsaturated/α-hetero) is 2. The highest BCUT2D eigenvalue weighted by Gasteiger charge is 2.66. The van der Waals surface area contributed by atoms with E-state index in [1.807, 2.05) is 0 Å². The fraction of sp³-hybridized carbons (Fsp3) is 0.480. The van der Waals surface area contributed by atoms with Crippen LogP contribution in [0.25, 0.3) is 0 Å². The summed E-state index contributed by atoms with van der Waals surface area (Å²) in [7, 11) is 0. The van der Waals surface area contributed by atoms with Gasteiger partial charge in [-0.1, -0.05) is 6.42 Å². The minimum atomic E-state index is -2.75. The molecule has 11 nitrogen and oxygen atoms in total. The Balaban J connectivity index is 1.77. The number of carbonyl (C=O) groups excluding carboxylic acids is 3. The van der Waals surface area contributed by atoms with Gasteiger partial charge in [0.2, 0.25) is 5.78 Å². The van der Waals surface area contributed by atoms with Gasteiger partial charge in [0.15, 0.2) is 11.4 Å². The third-order valence-corrected chi connectivity index (χ3v) is 8.37. The number of carbonyl (C=O) groups is 3. The highest BCUT2D eigenvalue weighted by molar-refractivity contribution is 6.25. The molecule has 5 rings (SSSR count). The van der Waals surface area contributed by atoms with Crippen LogP contribution in [0.1, 0.15) is 41.6 Å². The van der Waals surface area contributed by atoms with E-state index in [1.165, 1.54) is 12.1 Å². The third kappa shape index (κ3) is 3.12. The first-order valence-corrected chi connectivity index (χ1v) is 12.0. The number of hydrogen-bond donors (Lipinski definition) is 7. The molecule has 1 aliphatic heterocycles. The highest BCUT2D eigenvalue weighted by atomic mass is 16.3. The Kier molecular flexibility index (Phi) is 5.43. The van der Waals surface area contributed by atoms with Crippen LogP contribution in [0.4, 0.5) is 5.69 Å². The Hall–Kier alpha value is -3.41. The predicted molar refractivity (Wildman–Crippen MR) is 128 cm³/mol. The fourth-order valence-corrected chi connectivity index (χ4v) is 6.67. The number of ketones is 2. The highest BCUT2D eigenvalue weighted by Crippen LogP contribution is 2.57. The van der Waals surface area contributed by atoms with Crippen LogP contribution < -0.4 is 17.2 Å². The van der Waals surface area contributed by atoms with Crippen LogP contribution in [0.3, 0.4) is 0 Å². The number of aliphatic hydroxyl groups is 3. The van der Waals surface area contributed by atoms with E-state index in [0.29, 0.717) is 12.1 Å². The van der Waals surface area contributed by atoms with Gasteiger partial charge in [-0.25, -0.2) is 0 Å². The van der Waals surface area contributed by atoms with Crippen LogP contribution >= 0.6 is 0 Å². The van der Waals surface area contributed by atoms with Gasteiger partial charge >= 0.3 is 0 Å². The van der Waals surface area contributed by atoms with Crippen molar-refractivity contribution < 1.29 is 34.8 Å². The summed E-state index contributed by atoms with van der Waals surface area (Å²) in [5, 5.41) is 44.3. The van der Waals surface area contributed by atoms with Crippen molar-refractivity contribution in [2.75, 3.05) is 25.4 Å². The molecule has 1 fully saturated rings. The number of anilines is 1. The van der Waals surface area contributed by atoms with Crippen molar-refractivity contribution in [1.82, 2.24) is 4.90 Å². The average molecular weight is 499 g/mol. The monoisotopic (exact) mass is 498 g/mol. The minimum Gasteiger partial charge on any atom is -0.510 e. The first kappa shape index (κ1) is 24.3. The van der Waals surface area contributed by atoms with Gasteiger partial charge in [0.1, 0.15) is 22.8 Å². The molecular weight excluding hydrogens is 468 g/mol. The Bertz CT molecular complexity index is 1270. The van der Waals surface area contributed by atoms with Crippen LogP contribution in [0.5, 0.6) is 5.75 Å². The topological polar surface area (TPSA) is 213 Å². The van der Waals surface area contributed by atoms with Crippen molar-refractivity contribution in [3.05, 3.63) is 45.9 Å². The normalized spacial score (nSPS) is 32.7. The van der Waals surface area contributed by atoms with E-state index in [-0.39, 0.29) is 35.4 Å². The molecule has 0 radical (unpaired) electrons. The summed E-state index contributed by atoms with van der Waals surface area (Å²) in [5.74, 6) is -6.67. The summed E-state index contributed by atoms with van der Waals surface area (Å²) in [5.41, 5.74) is 13.3. The molecule has 0 saturated carbocycles. The summed E-state index contributed by atoms with van der Waals surface area (Å²) >= 11 is 0. The smallest absolute Gasteiger partial charge is 0.255 e. The molecule has 1 saturated heterocycles. The van der Waals surface area contributed by atoms with Crippen molar-refractivity contribution >= 4 is 23.2 Å². The molecule has 0 aromatic heterocycles. The number of primary amides is 1. The van der Waals surface area contributed by atoms with Gasteiger partial charge in [-0.05, 0) is 56.5 Å². The number of benzene rings is 1. The molecule has 3 aliphatic carbocycles. The van der Waals surface area contributed by atoms with E-state index >= 15 is 0 Å². The number of aromatic hydroxyl groups is 1. The maximum Gasteiger partial charge on any atom is 0.255 e. The van der Waals surface area contributed by atoms with Crippen molar-refractivity contribution in [3.63, 3.8) is 0 Å². The molecule has 36 heavy (non-hydrogen) atoms. The molecular formula is C25H30N4O7. The molecule has 10 N–H and O–H groups in total. The Labute approximate surface area is 206 Å². The number of hydrogen-bond acceptors (Lipinski definition) is 10. The summed E-state index contributed by atoms with van der Waals surface area (Å²) < 4.78 is 0. The zero-order chi connectivity index (χ0) is 26.2. The number of phenolic OH excluding ortho intramolecular Hbond substituents is 1. The van der Waals surface area contributed by atoms with Gasteiger partial charge in [0.25, 0.3) is 5.91 Å². The first-order valence-electron chi connectivity index (χ1n) is 12.0. The zero-order valence-corrected chi connectivity index (χ0v) is 19.7. The van der Waals surface area contributed by atoms with E-state index in [9.17, 15) is 34.8 Å². The Morgan fingerprint density at radius 3 is 2.42 bits per heavy atom. The molecule has 0 unspecified atom stereocenters. The lowest BCUT2D eigenvalue weighted by molar-refractivity contribution is -0.147. The molecule has 1 heterocycles. The lowest BCUT2D eigenvalue weighted by atomic mass is 9.52. The second-order valence-electron chi connectivity index (χ2n) is 10.4. The number of fused-ring (bicyclic) bond motifs is 3. The number of nitrogens with two attached hydrogens (primary N) is 3. The van der Waals surface area contributed by atoms with E-state index in [0.717, 1.165) is 32.4 Å². The van der Waals surface area contributed by atoms with Gasteiger partial charge in [-0.3, -0.25) is 14.4 Å². The van der Waals surface area contributed by atoms with Crippen LogP contribution in [0.2, 0.25) is 0 Å². The number of aliphatic hydroxyl groups excluding tert-OH is 2. The molecule has 0 spiro atoms. The van der Waals surface area contributed by atoms with E-state index in [1.54, 1.807) is 0 Å². The molecule has 1 aromatic carbocycles. The number of nitrogens with zero attached hydrogens (tertiary/aromatic N) is 1. The van der Waals surface area contributed by atoms with Gasteiger partial charge in [-0.2, -0.15) is 0 Å². The van der Waals surface area contributed by atoms with Crippen molar-refractivity contribution in [3.8, 4) is 5.75 Å². The molecule has 11 heteroatoms. The van der Waals surface area contributed by atoms with Gasteiger partial charge in [-0.15, -0.1) is 0 Å². The summed E-state index contributed by atoms with van der Waals surface area (Å²) in [6.07, 6.45) is 3.03. The summed E-state index contributed by atoms with van der Waals surface area (Å²) in [4.78, 5) is 41.3. The quantitative estimate of drug-likeness (QED) is 0.168. The standard InChI is InChI=1S/C25H30N4O7/c26-13-4-5-14(30)15-11(13)8-24(10-29-6-2-1-3-7-29)9-12-18(27)20(32)16(23(28)35)21(33)25(12,36)22(34)17(24)19(15)31/h4-5,12,18,30,32,34,36H,1-3,6-10,26-27H2,(H2,28,35)/t12-,18-,24-,25+/m0/s1.